The number of Topliss-reactive ketones (excluding diaryl/α,β-unsaturated/α-hetero) is 1. The normalized spacial score (nSPS) is 14.3. The fourth-order valence-electron chi connectivity index (χ4n) is 2.31. The standard InChI is InChI=1S/C15H14F2N4O2/c16-10-5-2-6-11(17)14(10)18-13(22)8-21-7-12(19-20-21)15(23)9-3-1-4-9/h2,5-7,9H,1,3-4,8H2,(H,18,22). The van der Waals surface area contributed by atoms with Crippen molar-refractivity contribution >= 4 is 17.4 Å². The predicted molar refractivity (Wildman–Crippen MR) is 76.7 cm³/mol. The molecule has 0 aliphatic heterocycles. The van der Waals surface area contributed by atoms with Crippen LogP contribution >= 0.6 is 0 Å². The molecular weight excluding hydrogens is 306 g/mol. The van der Waals surface area contributed by atoms with Gasteiger partial charge in [-0.25, -0.2) is 13.5 Å². The summed E-state index contributed by atoms with van der Waals surface area (Å²) in [5.41, 5.74) is -0.303. The molecule has 3 rings (SSSR count). The Labute approximate surface area is 130 Å². The number of rotatable bonds is 5. The fourth-order valence-corrected chi connectivity index (χ4v) is 2.31. The van der Waals surface area contributed by atoms with Crippen molar-refractivity contribution in [1.82, 2.24) is 15.0 Å². The summed E-state index contributed by atoms with van der Waals surface area (Å²) in [5.74, 6) is -2.48. The van der Waals surface area contributed by atoms with Gasteiger partial charge >= 0.3 is 0 Å². The summed E-state index contributed by atoms with van der Waals surface area (Å²) in [6, 6.07) is 3.29. The van der Waals surface area contributed by atoms with Crippen LogP contribution in [0.1, 0.15) is 29.8 Å². The lowest BCUT2D eigenvalue weighted by molar-refractivity contribution is -0.117. The Bertz CT molecular complexity index is 735. The molecule has 0 unspecified atom stereocenters. The first-order chi connectivity index (χ1) is 11.0. The van der Waals surface area contributed by atoms with Gasteiger partial charge in [0.2, 0.25) is 5.91 Å². The number of hydrogen-bond acceptors (Lipinski definition) is 4. The van der Waals surface area contributed by atoms with Crippen molar-refractivity contribution in [2.75, 3.05) is 5.32 Å². The highest BCUT2D eigenvalue weighted by atomic mass is 19.1. The summed E-state index contributed by atoms with van der Waals surface area (Å²) in [4.78, 5) is 23.8. The largest absolute Gasteiger partial charge is 0.320 e. The maximum Gasteiger partial charge on any atom is 0.246 e. The molecule has 0 saturated heterocycles. The van der Waals surface area contributed by atoms with Gasteiger partial charge in [-0.3, -0.25) is 9.59 Å². The SMILES string of the molecule is O=C(Cn1cc(C(=O)C2CCC2)nn1)Nc1c(F)cccc1F. The number of hydrogen-bond donors (Lipinski definition) is 1. The van der Waals surface area contributed by atoms with Gasteiger partial charge in [0.25, 0.3) is 0 Å². The van der Waals surface area contributed by atoms with Gasteiger partial charge in [-0.15, -0.1) is 5.10 Å². The Hall–Kier alpha value is -2.64. The van der Waals surface area contributed by atoms with Gasteiger partial charge in [-0.1, -0.05) is 17.7 Å². The molecule has 1 aliphatic rings. The van der Waals surface area contributed by atoms with Gasteiger partial charge in [-0.2, -0.15) is 0 Å². The number of aromatic nitrogens is 3. The Morgan fingerprint density at radius 2 is 1.96 bits per heavy atom. The molecule has 23 heavy (non-hydrogen) atoms. The highest BCUT2D eigenvalue weighted by Gasteiger charge is 2.28. The number of nitrogens with zero attached hydrogens (tertiary/aromatic N) is 3. The summed E-state index contributed by atoms with van der Waals surface area (Å²) in [6.45, 7) is -0.293. The molecule has 1 aliphatic carbocycles. The van der Waals surface area contributed by atoms with Crippen LogP contribution < -0.4 is 5.32 Å². The lowest BCUT2D eigenvalue weighted by Gasteiger charge is -2.22. The molecule has 1 heterocycles. The van der Waals surface area contributed by atoms with Gasteiger partial charge in [0.1, 0.15) is 29.6 Å². The predicted octanol–water partition coefficient (Wildman–Crippen LogP) is 2.18. The van der Waals surface area contributed by atoms with Crippen LogP contribution in [0.4, 0.5) is 14.5 Å². The molecule has 0 spiro atoms. The van der Waals surface area contributed by atoms with Gasteiger partial charge in [-0.05, 0) is 25.0 Å². The van der Waals surface area contributed by atoms with E-state index in [1.54, 1.807) is 0 Å². The molecule has 1 aromatic heterocycles. The molecule has 1 N–H and O–H groups in total. The van der Waals surface area contributed by atoms with E-state index in [4.69, 9.17) is 0 Å². The van der Waals surface area contributed by atoms with E-state index in [0.29, 0.717) is 0 Å². The molecule has 1 aromatic carbocycles. The Balaban J connectivity index is 1.64. The van der Waals surface area contributed by atoms with Crippen molar-refractivity contribution in [3.63, 3.8) is 0 Å². The van der Waals surface area contributed by atoms with E-state index in [-0.39, 0.29) is 23.9 Å². The summed E-state index contributed by atoms with van der Waals surface area (Å²) >= 11 is 0. The molecule has 0 radical (unpaired) electrons. The summed E-state index contributed by atoms with van der Waals surface area (Å²) in [6.07, 6.45) is 4.09. The number of carbonyl (C=O) groups excluding carboxylic acids is 2. The van der Waals surface area contributed by atoms with Crippen LogP contribution in [0.5, 0.6) is 0 Å². The van der Waals surface area contributed by atoms with Crippen LogP contribution in [-0.4, -0.2) is 26.7 Å². The summed E-state index contributed by atoms with van der Waals surface area (Å²) < 4.78 is 28.1. The zero-order valence-corrected chi connectivity index (χ0v) is 12.1. The van der Waals surface area contributed by atoms with Gasteiger partial charge < -0.3 is 5.32 Å². The van der Waals surface area contributed by atoms with Gasteiger partial charge in [0, 0.05) is 5.92 Å². The Morgan fingerprint density at radius 3 is 2.57 bits per heavy atom. The van der Waals surface area contributed by atoms with Crippen LogP contribution in [0.15, 0.2) is 24.4 Å². The van der Waals surface area contributed by atoms with Crippen molar-refractivity contribution in [3.05, 3.63) is 41.7 Å². The van der Waals surface area contributed by atoms with E-state index in [9.17, 15) is 18.4 Å². The van der Waals surface area contributed by atoms with Crippen molar-refractivity contribution < 1.29 is 18.4 Å². The quantitative estimate of drug-likeness (QED) is 0.857. The number of benzene rings is 1. The third-order valence-electron chi connectivity index (χ3n) is 3.80. The second-order valence-corrected chi connectivity index (χ2v) is 5.44. The molecule has 1 fully saturated rings. The highest BCUT2D eigenvalue weighted by molar-refractivity contribution is 5.96. The third kappa shape index (κ3) is 3.25. The minimum Gasteiger partial charge on any atom is -0.320 e. The zero-order chi connectivity index (χ0) is 16.4. The molecule has 2 aromatic rings. The lowest BCUT2D eigenvalue weighted by atomic mass is 9.81. The van der Waals surface area contributed by atoms with E-state index in [2.05, 4.69) is 15.6 Å². The number of para-hydroxylation sites is 1. The van der Waals surface area contributed by atoms with E-state index >= 15 is 0 Å². The minimum absolute atomic E-state index is 0.0125. The third-order valence-corrected chi connectivity index (χ3v) is 3.80. The molecule has 1 amide bonds. The van der Waals surface area contributed by atoms with Crippen molar-refractivity contribution in [2.45, 2.75) is 25.8 Å². The monoisotopic (exact) mass is 320 g/mol. The Morgan fingerprint density at radius 1 is 1.26 bits per heavy atom. The zero-order valence-electron chi connectivity index (χ0n) is 12.1. The van der Waals surface area contributed by atoms with Crippen LogP contribution in [-0.2, 0) is 11.3 Å². The van der Waals surface area contributed by atoms with Crippen molar-refractivity contribution in [2.24, 2.45) is 5.92 Å². The van der Waals surface area contributed by atoms with E-state index in [1.165, 1.54) is 16.9 Å². The summed E-state index contributed by atoms with van der Waals surface area (Å²) in [7, 11) is 0. The second-order valence-electron chi connectivity index (χ2n) is 5.44. The molecule has 0 atom stereocenters. The number of ketones is 1. The molecule has 8 heteroatoms. The maximum absolute atomic E-state index is 13.5. The van der Waals surface area contributed by atoms with Gasteiger partial charge in [0.05, 0.1) is 6.20 Å². The van der Waals surface area contributed by atoms with Crippen LogP contribution in [0.25, 0.3) is 0 Å². The van der Waals surface area contributed by atoms with Crippen molar-refractivity contribution in [3.8, 4) is 0 Å². The second kappa shape index (κ2) is 6.23. The van der Waals surface area contributed by atoms with Crippen LogP contribution in [0.3, 0.4) is 0 Å². The first-order valence-corrected chi connectivity index (χ1v) is 7.23. The maximum atomic E-state index is 13.5. The number of halogens is 2. The van der Waals surface area contributed by atoms with E-state index in [1.807, 2.05) is 0 Å². The fraction of sp³-hybridized carbons (Fsp3) is 0.333. The van der Waals surface area contributed by atoms with E-state index in [0.717, 1.165) is 31.4 Å². The lowest BCUT2D eigenvalue weighted by Crippen LogP contribution is -2.22. The number of amides is 1. The highest BCUT2D eigenvalue weighted by Crippen LogP contribution is 2.29. The Kier molecular flexibility index (Phi) is 4.14. The average Bonchev–Trinajstić information content (AvgIpc) is 2.89. The molecule has 6 nitrogen and oxygen atoms in total. The van der Waals surface area contributed by atoms with Crippen LogP contribution in [0.2, 0.25) is 0 Å². The number of nitrogens with one attached hydrogen (secondary N) is 1. The molecule has 120 valence electrons. The molecular formula is C15H14F2N4O2. The molecule has 0 bridgehead atoms. The first kappa shape index (κ1) is 15.3. The average molecular weight is 320 g/mol. The molecule has 1 saturated carbocycles. The van der Waals surface area contributed by atoms with Crippen LogP contribution in [0, 0.1) is 17.6 Å². The smallest absolute Gasteiger partial charge is 0.246 e. The van der Waals surface area contributed by atoms with E-state index < -0.39 is 23.2 Å². The van der Waals surface area contributed by atoms with Gasteiger partial charge in [0.15, 0.2) is 5.78 Å². The number of carbonyl (C=O) groups is 2. The van der Waals surface area contributed by atoms with Crippen molar-refractivity contribution in [1.29, 1.82) is 0 Å². The first-order valence-electron chi connectivity index (χ1n) is 7.23. The minimum atomic E-state index is -0.863. The summed E-state index contributed by atoms with van der Waals surface area (Å²) in [5, 5.41) is 9.60. The topological polar surface area (TPSA) is 76.9 Å². The number of anilines is 1.